The third-order valence-electron chi connectivity index (χ3n) is 4.46. The van der Waals surface area contributed by atoms with Gasteiger partial charge in [0.15, 0.2) is 5.82 Å². The summed E-state index contributed by atoms with van der Waals surface area (Å²) in [6.07, 6.45) is 4.56. The number of fused-ring (bicyclic) bond motifs is 1. The Bertz CT molecular complexity index is 1130. The van der Waals surface area contributed by atoms with Crippen molar-refractivity contribution in [3.63, 3.8) is 0 Å². The summed E-state index contributed by atoms with van der Waals surface area (Å²) in [4.78, 5) is 21.1. The fraction of sp³-hybridized carbons (Fsp3) is 0.150. The van der Waals surface area contributed by atoms with Gasteiger partial charge in [-0.1, -0.05) is 24.6 Å². The highest BCUT2D eigenvalue weighted by Crippen LogP contribution is 2.24. The highest BCUT2D eigenvalue weighted by atomic mass is 127. The predicted octanol–water partition coefficient (Wildman–Crippen LogP) is 4.40. The molecule has 0 saturated carbocycles. The average Bonchev–Trinajstić information content (AvgIpc) is 3.01. The molecule has 136 valence electrons. The van der Waals surface area contributed by atoms with E-state index in [1.54, 1.807) is 16.8 Å². The van der Waals surface area contributed by atoms with Crippen LogP contribution in [0.3, 0.4) is 0 Å². The maximum absolute atomic E-state index is 12.7. The van der Waals surface area contributed by atoms with E-state index in [4.69, 9.17) is 11.6 Å². The van der Waals surface area contributed by atoms with Gasteiger partial charge in [0.05, 0.1) is 17.9 Å². The summed E-state index contributed by atoms with van der Waals surface area (Å²) in [5.74, 6) is 0.647. The second-order valence-corrected chi connectivity index (χ2v) is 7.74. The molecule has 7 heteroatoms. The average molecular weight is 491 g/mol. The molecule has 0 unspecified atom stereocenters. The Morgan fingerprint density at radius 1 is 1.19 bits per heavy atom. The molecular weight excluding hydrogens is 475 g/mol. The van der Waals surface area contributed by atoms with E-state index in [2.05, 4.69) is 45.5 Å². The number of halogens is 2. The van der Waals surface area contributed by atoms with Gasteiger partial charge in [-0.05, 0) is 76.5 Å². The maximum Gasteiger partial charge on any atom is 0.354 e. The van der Waals surface area contributed by atoms with Gasteiger partial charge < -0.3 is 4.57 Å². The largest absolute Gasteiger partial charge is 0.354 e. The molecule has 0 fully saturated rings. The van der Waals surface area contributed by atoms with Crippen LogP contribution in [-0.4, -0.2) is 19.1 Å². The monoisotopic (exact) mass is 490 g/mol. The van der Waals surface area contributed by atoms with Crippen LogP contribution in [0, 0.1) is 3.57 Å². The lowest BCUT2D eigenvalue weighted by Crippen LogP contribution is -2.14. The molecule has 5 nitrogen and oxygen atoms in total. The zero-order chi connectivity index (χ0) is 19.0. The van der Waals surface area contributed by atoms with Crippen molar-refractivity contribution in [2.45, 2.75) is 19.9 Å². The normalized spacial score (nSPS) is 11.2. The molecule has 2 aliphatic heterocycles. The second kappa shape index (κ2) is 7.44. The first-order chi connectivity index (χ1) is 13.1. The summed E-state index contributed by atoms with van der Waals surface area (Å²) >= 11 is 8.18. The van der Waals surface area contributed by atoms with Gasteiger partial charge in [-0.2, -0.15) is 4.98 Å². The van der Waals surface area contributed by atoms with Gasteiger partial charge in [-0.15, -0.1) is 0 Å². The van der Waals surface area contributed by atoms with Crippen molar-refractivity contribution in [2.24, 2.45) is 0 Å². The van der Waals surface area contributed by atoms with Crippen LogP contribution in [0.1, 0.15) is 18.1 Å². The van der Waals surface area contributed by atoms with E-state index in [1.807, 2.05) is 41.1 Å². The molecule has 2 aromatic rings. The standard InChI is InChI=1S/C20H16ClIN4O/c1-2-14-10-15(6-7-16(14)22)26-17-4-3-9-25(19(17)24-20(26)27)12-13-5-8-18(21)23-11-13/h3-11H,2,12H2,1H3. The number of aromatic nitrogens is 4. The van der Waals surface area contributed by atoms with Crippen LogP contribution in [0.15, 0.2) is 59.7 Å². The number of benzene rings is 1. The first kappa shape index (κ1) is 18.2. The number of imidazole rings is 1. The molecule has 1 aromatic carbocycles. The lowest BCUT2D eigenvalue weighted by Gasteiger charge is -2.13. The highest BCUT2D eigenvalue weighted by molar-refractivity contribution is 14.1. The molecule has 3 heterocycles. The number of rotatable bonds is 4. The van der Waals surface area contributed by atoms with Crippen LogP contribution in [0.25, 0.3) is 17.2 Å². The van der Waals surface area contributed by atoms with Crippen molar-refractivity contribution in [2.75, 3.05) is 0 Å². The van der Waals surface area contributed by atoms with Crippen molar-refractivity contribution < 1.29 is 0 Å². The second-order valence-electron chi connectivity index (χ2n) is 6.19. The zero-order valence-electron chi connectivity index (χ0n) is 14.6. The Hall–Kier alpha value is -2.19. The van der Waals surface area contributed by atoms with E-state index in [1.165, 1.54) is 9.13 Å². The minimum atomic E-state index is -0.276. The van der Waals surface area contributed by atoms with E-state index in [0.717, 1.165) is 23.4 Å². The zero-order valence-corrected chi connectivity index (χ0v) is 17.5. The maximum atomic E-state index is 12.7. The summed E-state index contributed by atoms with van der Waals surface area (Å²) < 4.78 is 4.81. The van der Waals surface area contributed by atoms with Crippen LogP contribution in [0.4, 0.5) is 0 Å². The smallest absolute Gasteiger partial charge is 0.327 e. The van der Waals surface area contributed by atoms with E-state index < -0.39 is 0 Å². The summed E-state index contributed by atoms with van der Waals surface area (Å²) in [6.45, 7) is 2.67. The van der Waals surface area contributed by atoms with Crippen molar-refractivity contribution in [3.8, 4) is 17.2 Å². The Morgan fingerprint density at radius 2 is 2.04 bits per heavy atom. The SMILES string of the molecule is CCc1cc(-n2c3cccn(Cc4ccc(Cl)nc4)c-3nc2=O)ccc1I. The fourth-order valence-corrected chi connectivity index (χ4v) is 3.94. The molecule has 0 saturated heterocycles. The Kier molecular flexibility index (Phi) is 5.01. The minimum Gasteiger partial charge on any atom is -0.327 e. The predicted molar refractivity (Wildman–Crippen MR) is 115 cm³/mol. The molecule has 0 bridgehead atoms. The lowest BCUT2D eigenvalue weighted by atomic mass is 10.1. The third-order valence-corrected chi connectivity index (χ3v) is 5.74. The van der Waals surface area contributed by atoms with Crippen LogP contribution in [-0.2, 0) is 13.0 Å². The summed E-state index contributed by atoms with van der Waals surface area (Å²) in [5.41, 5.74) is 3.55. The first-order valence-corrected chi connectivity index (χ1v) is 9.99. The van der Waals surface area contributed by atoms with Crippen LogP contribution < -0.4 is 5.69 Å². The van der Waals surface area contributed by atoms with Crippen molar-refractivity contribution in [1.29, 1.82) is 0 Å². The van der Waals surface area contributed by atoms with Gasteiger partial charge in [-0.3, -0.25) is 4.57 Å². The molecule has 2 aliphatic rings. The molecule has 0 atom stereocenters. The number of hydrogen-bond acceptors (Lipinski definition) is 3. The lowest BCUT2D eigenvalue weighted by molar-refractivity contribution is 0.779. The van der Waals surface area contributed by atoms with Gasteiger partial charge in [0, 0.05) is 16.0 Å². The summed E-state index contributed by atoms with van der Waals surface area (Å²) in [5, 5.41) is 0.457. The van der Waals surface area contributed by atoms with E-state index in [0.29, 0.717) is 17.5 Å². The molecule has 1 aromatic heterocycles. The van der Waals surface area contributed by atoms with Crippen molar-refractivity contribution in [1.82, 2.24) is 19.1 Å². The fourth-order valence-electron chi connectivity index (χ4n) is 3.11. The number of nitrogens with zero attached hydrogens (tertiary/aromatic N) is 4. The Balaban J connectivity index is 1.78. The number of pyridine rings is 2. The molecule has 0 spiro atoms. The Morgan fingerprint density at radius 3 is 2.78 bits per heavy atom. The van der Waals surface area contributed by atoms with Gasteiger partial charge in [0.1, 0.15) is 5.15 Å². The van der Waals surface area contributed by atoms with Crippen molar-refractivity contribution >= 4 is 34.2 Å². The topological polar surface area (TPSA) is 52.7 Å². The molecule has 0 radical (unpaired) electrons. The summed E-state index contributed by atoms with van der Waals surface area (Å²) in [7, 11) is 0. The van der Waals surface area contributed by atoms with Crippen LogP contribution in [0.2, 0.25) is 5.15 Å². The van der Waals surface area contributed by atoms with Gasteiger partial charge in [0.25, 0.3) is 0 Å². The van der Waals surface area contributed by atoms with E-state index in [9.17, 15) is 4.79 Å². The molecule has 27 heavy (non-hydrogen) atoms. The first-order valence-electron chi connectivity index (χ1n) is 8.54. The van der Waals surface area contributed by atoms with E-state index >= 15 is 0 Å². The molecule has 4 rings (SSSR count). The number of hydrogen-bond donors (Lipinski definition) is 0. The quantitative estimate of drug-likeness (QED) is 0.315. The molecule has 0 amide bonds. The van der Waals surface area contributed by atoms with Gasteiger partial charge >= 0.3 is 5.69 Å². The highest BCUT2D eigenvalue weighted by Gasteiger charge is 2.19. The van der Waals surface area contributed by atoms with Crippen molar-refractivity contribution in [3.05, 3.63) is 85.2 Å². The van der Waals surface area contributed by atoms with Crippen LogP contribution in [0.5, 0.6) is 0 Å². The van der Waals surface area contributed by atoms with Gasteiger partial charge in [0.2, 0.25) is 0 Å². The molecule has 0 N–H and O–H groups in total. The Labute approximate surface area is 175 Å². The van der Waals surface area contributed by atoms with E-state index in [-0.39, 0.29) is 5.69 Å². The van der Waals surface area contributed by atoms with Crippen LogP contribution >= 0.6 is 34.2 Å². The third kappa shape index (κ3) is 3.51. The van der Waals surface area contributed by atoms with Gasteiger partial charge in [-0.25, -0.2) is 9.78 Å². The molecule has 0 aliphatic carbocycles. The minimum absolute atomic E-state index is 0.276. The molecular formula is C20H16ClIN4O. The summed E-state index contributed by atoms with van der Waals surface area (Å²) in [6, 6.07) is 13.6. The number of aryl methyl sites for hydroxylation is 1.